The quantitative estimate of drug-likeness (QED) is 0.187. The number of hydrogen-bond donors (Lipinski definition) is 4. The minimum atomic E-state index is -1.48. The van der Waals surface area contributed by atoms with Crippen LogP contribution >= 0.6 is 0 Å². The standard InChI is InChI=1S/C44H76N6O14/c1-39(2,3)61-35(57)47-21-22-48(36(58)62-40(4,5)6)29-44(26-32(52)16-14-18-34(55)56)30-50(38(60)64-42(10,11)12)24-23-49(37(59)63-41(7,8)9)28-43(27-47,45-19-20-46-44)25-31(51)15-13-17-33(53)54/h45-46H,13-30H2,1-12H3,(H,53,54)(H,55,56). The smallest absolute Gasteiger partial charge is 0.410 e. The van der Waals surface area contributed by atoms with Gasteiger partial charge in [0.15, 0.2) is 0 Å². The van der Waals surface area contributed by atoms with Crippen LogP contribution in [0.2, 0.25) is 0 Å². The number of ketones is 2. The molecule has 0 aromatic carbocycles. The molecule has 0 unspecified atom stereocenters. The van der Waals surface area contributed by atoms with Crippen LogP contribution in [-0.4, -0.2) is 177 Å². The van der Waals surface area contributed by atoms with Crippen LogP contribution in [0.5, 0.6) is 0 Å². The fourth-order valence-electron chi connectivity index (χ4n) is 7.32. The lowest BCUT2D eigenvalue weighted by atomic mass is 9.87. The molecule has 0 aliphatic carbocycles. The Hall–Kier alpha value is -4.72. The summed E-state index contributed by atoms with van der Waals surface area (Å²) in [4.78, 5) is 113. The lowest BCUT2D eigenvalue weighted by Crippen LogP contribution is -2.68. The molecule has 2 heterocycles. The number of aliphatic carboxylic acids is 2. The van der Waals surface area contributed by atoms with Gasteiger partial charge in [0, 0.05) is 104 Å². The monoisotopic (exact) mass is 913 g/mol. The molecule has 0 atom stereocenters. The third-order valence-corrected chi connectivity index (χ3v) is 9.75. The van der Waals surface area contributed by atoms with Gasteiger partial charge in [-0.1, -0.05) is 0 Å². The van der Waals surface area contributed by atoms with Crippen LogP contribution in [0.25, 0.3) is 0 Å². The zero-order chi connectivity index (χ0) is 48.9. The molecule has 20 nitrogen and oxygen atoms in total. The lowest BCUT2D eigenvalue weighted by molar-refractivity contribution is -0.138. The van der Waals surface area contributed by atoms with E-state index in [0.717, 1.165) is 0 Å². The summed E-state index contributed by atoms with van der Waals surface area (Å²) in [6.45, 7) is 18.5. The van der Waals surface area contributed by atoms with Crippen molar-refractivity contribution in [2.24, 2.45) is 0 Å². The number of rotatable bonds is 12. The van der Waals surface area contributed by atoms with Crippen LogP contribution in [0.1, 0.15) is 134 Å². The highest BCUT2D eigenvalue weighted by Crippen LogP contribution is 2.27. The molecule has 2 fully saturated rings. The Morgan fingerprint density at radius 1 is 0.438 bits per heavy atom. The summed E-state index contributed by atoms with van der Waals surface area (Å²) >= 11 is 0. The van der Waals surface area contributed by atoms with Gasteiger partial charge in [-0.05, 0) is 95.9 Å². The molecule has 0 aromatic heterocycles. The average molecular weight is 913 g/mol. The van der Waals surface area contributed by atoms with Crippen molar-refractivity contribution in [1.29, 1.82) is 0 Å². The van der Waals surface area contributed by atoms with Gasteiger partial charge in [0.2, 0.25) is 0 Å². The second-order valence-corrected chi connectivity index (χ2v) is 20.9. The topological polar surface area (TPSA) is 251 Å². The van der Waals surface area contributed by atoms with Crippen LogP contribution in [-0.2, 0) is 38.1 Å². The van der Waals surface area contributed by atoms with Gasteiger partial charge in [-0.25, -0.2) is 19.2 Å². The van der Waals surface area contributed by atoms with E-state index in [1.165, 1.54) is 19.6 Å². The first-order chi connectivity index (χ1) is 29.2. The molecular formula is C44H76N6O14. The number of carboxylic acid groups (broad SMARTS) is 2. The van der Waals surface area contributed by atoms with Crippen LogP contribution in [0.15, 0.2) is 0 Å². The number of nitrogens with one attached hydrogen (secondary N) is 2. The molecule has 4 N–H and O–H groups in total. The summed E-state index contributed by atoms with van der Waals surface area (Å²) in [7, 11) is 0. The van der Waals surface area contributed by atoms with E-state index in [1.54, 1.807) is 83.1 Å². The SMILES string of the molecule is CC(C)(C)OC(=O)N1CCN(C(=O)OC(C)(C)C)CC2(CC(=O)CCCC(=O)O)CN(C(=O)OC(C)(C)C)CCN(C(=O)OC(C)(C)C)CC(CC(=O)CCCC(=O)O)(C1)NCCN2. The van der Waals surface area contributed by atoms with Crippen molar-refractivity contribution < 1.29 is 67.5 Å². The van der Waals surface area contributed by atoms with Gasteiger partial charge in [0.25, 0.3) is 0 Å². The van der Waals surface area contributed by atoms with E-state index in [0.29, 0.717) is 0 Å². The van der Waals surface area contributed by atoms with Crippen LogP contribution in [0, 0.1) is 0 Å². The first-order valence-electron chi connectivity index (χ1n) is 22.1. The largest absolute Gasteiger partial charge is 0.481 e. The molecule has 0 saturated carbocycles. The van der Waals surface area contributed by atoms with Crippen LogP contribution in [0.3, 0.4) is 0 Å². The molecule has 366 valence electrons. The third-order valence-electron chi connectivity index (χ3n) is 9.75. The normalized spacial score (nSPS) is 20.9. The van der Waals surface area contributed by atoms with Crippen molar-refractivity contribution in [2.75, 3.05) is 65.4 Å². The van der Waals surface area contributed by atoms with Crippen molar-refractivity contribution >= 4 is 47.9 Å². The minimum Gasteiger partial charge on any atom is -0.481 e. The van der Waals surface area contributed by atoms with E-state index in [2.05, 4.69) is 10.6 Å². The fourth-order valence-corrected chi connectivity index (χ4v) is 7.32. The number of hydrogen-bond acceptors (Lipinski definition) is 14. The van der Waals surface area contributed by atoms with Gasteiger partial charge >= 0.3 is 36.3 Å². The summed E-state index contributed by atoms with van der Waals surface area (Å²) in [5.74, 6) is -2.87. The molecule has 2 aliphatic heterocycles. The second-order valence-electron chi connectivity index (χ2n) is 20.9. The third kappa shape index (κ3) is 21.3. The highest BCUT2D eigenvalue weighted by molar-refractivity contribution is 5.82. The highest BCUT2D eigenvalue weighted by atomic mass is 16.6. The van der Waals surface area contributed by atoms with Crippen molar-refractivity contribution in [3.8, 4) is 0 Å². The summed E-state index contributed by atoms with van der Waals surface area (Å²) in [5, 5.41) is 25.6. The zero-order valence-corrected chi connectivity index (χ0v) is 40.3. The number of Topliss-reactive ketones (excluding diaryl/α,β-unsaturated/α-hetero) is 2. The number of nitrogens with zero attached hydrogens (tertiary/aromatic N) is 4. The number of carboxylic acids is 2. The van der Waals surface area contributed by atoms with Gasteiger partial charge in [0.05, 0.1) is 11.1 Å². The zero-order valence-electron chi connectivity index (χ0n) is 40.3. The van der Waals surface area contributed by atoms with Gasteiger partial charge in [-0.3, -0.25) is 19.2 Å². The number of amides is 4. The van der Waals surface area contributed by atoms with Gasteiger partial charge in [-0.15, -0.1) is 0 Å². The summed E-state index contributed by atoms with van der Waals surface area (Å²) in [6, 6.07) is 0. The number of fused-ring (bicyclic) bond motifs is 5. The Bertz CT molecular complexity index is 1460. The Labute approximate surface area is 378 Å². The van der Waals surface area contributed by atoms with Crippen molar-refractivity contribution in [1.82, 2.24) is 30.2 Å². The summed E-state index contributed by atoms with van der Waals surface area (Å²) < 4.78 is 23.5. The van der Waals surface area contributed by atoms with Gasteiger partial charge in [0.1, 0.15) is 34.0 Å². The van der Waals surface area contributed by atoms with Crippen molar-refractivity contribution in [2.45, 2.75) is 168 Å². The molecule has 4 amide bonds. The maximum atomic E-state index is 14.3. The lowest BCUT2D eigenvalue weighted by Gasteiger charge is -2.47. The molecular weight excluding hydrogens is 837 g/mol. The highest BCUT2D eigenvalue weighted by Gasteiger charge is 2.45. The summed E-state index contributed by atoms with van der Waals surface area (Å²) in [5.41, 5.74) is -6.88. The molecule has 0 radical (unpaired) electrons. The molecule has 0 spiro atoms. The van der Waals surface area contributed by atoms with E-state index in [1.807, 2.05) is 0 Å². The number of carbonyl (C=O) groups is 8. The first-order valence-corrected chi connectivity index (χ1v) is 22.1. The fraction of sp³-hybridized carbons (Fsp3) is 0.818. The number of carbonyl (C=O) groups excluding carboxylic acids is 6. The Morgan fingerprint density at radius 3 is 0.875 bits per heavy atom. The average Bonchev–Trinajstić information content (AvgIpc) is 3.08. The van der Waals surface area contributed by atoms with Crippen LogP contribution in [0.4, 0.5) is 19.2 Å². The number of ether oxygens (including phenoxy) is 4. The van der Waals surface area contributed by atoms with Gasteiger partial charge in [-0.2, -0.15) is 0 Å². The Balaban J connectivity index is 3.08. The van der Waals surface area contributed by atoms with Gasteiger partial charge < -0.3 is 59.4 Å². The Morgan fingerprint density at radius 2 is 0.672 bits per heavy atom. The van der Waals surface area contributed by atoms with E-state index in [-0.39, 0.29) is 128 Å². The predicted octanol–water partition coefficient (Wildman–Crippen LogP) is 5.05. The minimum absolute atomic E-state index is 0.0378. The van der Waals surface area contributed by atoms with E-state index >= 15 is 0 Å². The van der Waals surface area contributed by atoms with Crippen molar-refractivity contribution in [3.63, 3.8) is 0 Å². The van der Waals surface area contributed by atoms with Crippen LogP contribution < -0.4 is 10.6 Å². The molecule has 64 heavy (non-hydrogen) atoms. The Kier molecular flexibility index (Phi) is 19.9. The van der Waals surface area contributed by atoms with E-state index in [9.17, 15) is 48.6 Å². The first kappa shape index (κ1) is 55.4. The molecule has 2 saturated heterocycles. The van der Waals surface area contributed by atoms with E-state index < -0.39 is 69.8 Å². The summed E-state index contributed by atoms with van der Waals surface area (Å²) in [6.07, 6.45) is -4.46. The van der Waals surface area contributed by atoms with E-state index in [4.69, 9.17) is 18.9 Å². The second kappa shape index (κ2) is 22.9. The maximum absolute atomic E-state index is 14.3. The molecule has 2 aliphatic rings. The predicted molar refractivity (Wildman–Crippen MR) is 235 cm³/mol. The molecule has 2 rings (SSSR count). The van der Waals surface area contributed by atoms with Crippen molar-refractivity contribution in [3.05, 3.63) is 0 Å². The maximum Gasteiger partial charge on any atom is 0.410 e. The molecule has 20 heteroatoms. The molecule has 0 aromatic rings. The molecule has 2 bridgehead atoms.